The molecule has 7 rings (SSSR count). The molecular formula is C43H58N4O6. The second-order valence-electron chi connectivity index (χ2n) is 16.2. The summed E-state index contributed by atoms with van der Waals surface area (Å²) in [6.07, 6.45) is 2.21. The van der Waals surface area contributed by atoms with Crippen LogP contribution in [-0.4, -0.2) is 85.7 Å². The number of aryl methyl sites for hydroxylation is 1. The van der Waals surface area contributed by atoms with Gasteiger partial charge in [-0.15, -0.1) is 0 Å². The molecule has 2 amide bonds. The van der Waals surface area contributed by atoms with Crippen molar-refractivity contribution in [3.63, 3.8) is 0 Å². The topological polar surface area (TPSA) is 124 Å². The van der Waals surface area contributed by atoms with E-state index in [-0.39, 0.29) is 36.4 Å². The second-order valence-corrected chi connectivity index (χ2v) is 16.2. The summed E-state index contributed by atoms with van der Waals surface area (Å²) in [5.41, 5.74) is 5.30. The summed E-state index contributed by atoms with van der Waals surface area (Å²) < 4.78 is 6.06. The number of rotatable bonds is 14. The van der Waals surface area contributed by atoms with Gasteiger partial charge in [0.05, 0.1) is 26.4 Å². The highest BCUT2D eigenvalue weighted by Crippen LogP contribution is 2.61. The van der Waals surface area contributed by atoms with Gasteiger partial charge in [-0.3, -0.25) is 14.4 Å². The summed E-state index contributed by atoms with van der Waals surface area (Å²) in [5.74, 6) is 1.08. The second kappa shape index (κ2) is 16.2. The van der Waals surface area contributed by atoms with E-state index in [1.807, 2.05) is 73.6 Å². The lowest BCUT2D eigenvalue weighted by atomic mass is 9.45. The van der Waals surface area contributed by atoms with Crippen LogP contribution >= 0.6 is 0 Å². The van der Waals surface area contributed by atoms with Crippen molar-refractivity contribution in [2.45, 2.75) is 84.2 Å². The number of aliphatic hydroxyl groups is 2. The van der Waals surface area contributed by atoms with Gasteiger partial charge in [0.2, 0.25) is 5.91 Å². The number of hydrogen-bond donors (Lipinski definition) is 4. The van der Waals surface area contributed by atoms with Crippen molar-refractivity contribution in [1.29, 1.82) is 0 Å². The molecule has 0 unspecified atom stereocenters. The molecule has 3 aromatic carbocycles. The summed E-state index contributed by atoms with van der Waals surface area (Å²) in [6, 6.07) is 21.1. The zero-order valence-electron chi connectivity index (χ0n) is 32.3. The van der Waals surface area contributed by atoms with Crippen LogP contribution < -0.4 is 20.3 Å². The lowest BCUT2D eigenvalue weighted by molar-refractivity contribution is -0.183. The maximum atomic E-state index is 14.2. The Kier molecular flexibility index (Phi) is 11.8. The van der Waals surface area contributed by atoms with Crippen molar-refractivity contribution in [2.24, 2.45) is 29.1 Å². The highest BCUT2D eigenvalue weighted by molar-refractivity contribution is 5.97. The van der Waals surface area contributed by atoms with Crippen LogP contribution in [0.5, 0.6) is 5.75 Å². The molecule has 0 spiro atoms. The van der Waals surface area contributed by atoms with Crippen LogP contribution in [0.25, 0.3) is 11.1 Å². The number of hydrogen-bond acceptors (Lipinski definition) is 8. The minimum absolute atomic E-state index is 0.0426. The number of carbonyl (C=O) groups is 2. The number of fused-ring (bicyclic) bond motifs is 2. The first kappa shape index (κ1) is 38.8. The number of nitrogens with one attached hydrogen (secondary N) is 2. The molecule has 2 bridgehead atoms. The molecule has 8 atom stereocenters. The summed E-state index contributed by atoms with van der Waals surface area (Å²) in [7, 11) is 5.50. The van der Waals surface area contributed by atoms with Crippen LogP contribution in [-0.2, 0) is 22.6 Å². The van der Waals surface area contributed by atoms with Crippen LogP contribution in [0.15, 0.2) is 66.7 Å². The molecule has 0 radical (unpaired) electrons. The van der Waals surface area contributed by atoms with Crippen LogP contribution in [0, 0.1) is 29.1 Å². The largest absolute Gasteiger partial charge is 0.496 e. The van der Waals surface area contributed by atoms with Gasteiger partial charge in [-0.05, 0) is 85.1 Å². The molecule has 53 heavy (non-hydrogen) atoms. The van der Waals surface area contributed by atoms with Gasteiger partial charge >= 0.3 is 0 Å². The fourth-order valence-corrected chi connectivity index (χ4v) is 9.23. The fourth-order valence-electron chi connectivity index (χ4n) is 9.23. The number of amides is 2. The SMILES string of the molecule is COc1c(CN2O[C@@H](CO)[C@@H]([C@H](C)O)[C@H]2C(=O)N[C@H]2C[C@@H]3C[C@@H]([C@@H]2C)C3(C)C)cccc1-c1cc(C(=O)NCCCc2ccccc2)cc(N(C)C)c1. The number of ether oxygens (including phenoxy) is 1. The molecule has 4 aliphatic rings. The van der Waals surface area contributed by atoms with Crippen molar-refractivity contribution < 1.29 is 29.4 Å². The maximum absolute atomic E-state index is 14.2. The fraction of sp³-hybridized carbons (Fsp3) is 0.535. The molecule has 1 heterocycles. The van der Waals surface area contributed by atoms with Crippen molar-refractivity contribution in [2.75, 3.05) is 39.3 Å². The third-order valence-electron chi connectivity index (χ3n) is 12.5. The predicted molar refractivity (Wildman–Crippen MR) is 207 cm³/mol. The highest BCUT2D eigenvalue weighted by Gasteiger charge is 2.57. The first-order valence-electron chi connectivity index (χ1n) is 19.2. The van der Waals surface area contributed by atoms with Gasteiger partial charge in [0, 0.05) is 55.0 Å². The van der Waals surface area contributed by atoms with E-state index in [9.17, 15) is 19.8 Å². The number of methoxy groups -OCH3 is 1. The molecular weight excluding hydrogens is 668 g/mol. The predicted octanol–water partition coefficient (Wildman–Crippen LogP) is 5.45. The molecule has 4 fully saturated rings. The summed E-state index contributed by atoms with van der Waals surface area (Å²) >= 11 is 0. The van der Waals surface area contributed by atoms with Crippen LogP contribution in [0.1, 0.15) is 68.4 Å². The lowest BCUT2D eigenvalue weighted by Crippen LogP contribution is -2.62. The van der Waals surface area contributed by atoms with E-state index in [1.54, 1.807) is 19.1 Å². The van der Waals surface area contributed by atoms with Gasteiger partial charge in [0.25, 0.3) is 5.91 Å². The molecule has 10 heteroatoms. The average molecular weight is 727 g/mol. The average Bonchev–Trinajstić information content (AvgIpc) is 3.52. The molecule has 4 N–H and O–H groups in total. The molecule has 0 aromatic heterocycles. The number of benzene rings is 3. The Balaban J connectivity index is 1.24. The molecule has 1 aliphatic heterocycles. The molecule has 3 aliphatic carbocycles. The number of anilines is 1. The van der Waals surface area contributed by atoms with E-state index in [4.69, 9.17) is 9.57 Å². The normalized spacial score (nSPS) is 26.7. The van der Waals surface area contributed by atoms with Crippen molar-refractivity contribution in [1.82, 2.24) is 15.7 Å². The van der Waals surface area contributed by atoms with Crippen molar-refractivity contribution in [3.8, 4) is 16.9 Å². The van der Waals surface area contributed by atoms with Gasteiger partial charge in [-0.1, -0.05) is 69.3 Å². The molecule has 3 aromatic rings. The number of aliphatic hydroxyl groups excluding tert-OH is 2. The smallest absolute Gasteiger partial charge is 0.251 e. The zero-order chi connectivity index (χ0) is 38.0. The Morgan fingerprint density at radius 2 is 1.83 bits per heavy atom. The van der Waals surface area contributed by atoms with E-state index in [1.165, 1.54) is 12.0 Å². The third kappa shape index (κ3) is 7.97. The number of hydroxylamine groups is 2. The summed E-state index contributed by atoms with van der Waals surface area (Å²) in [4.78, 5) is 35.9. The Morgan fingerprint density at radius 1 is 1.08 bits per heavy atom. The Bertz CT molecular complexity index is 1750. The maximum Gasteiger partial charge on any atom is 0.251 e. The van der Waals surface area contributed by atoms with Gasteiger partial charge < -0.3 is 30.5 Å². The van der Waals surface area contributed by atoms with Crippen molar-refractivity contribution in [3.05, 3.63) is 83.4 Å². The van der Waals surface area contributed by atoms with E-state index in [2.05, 4.69) is 43.5 Å². The van der Waals surface area contributed by atoms with Crippen LogP contribution in [0.4, 0.5) is 5.69 Å². The van der Waals surface area contributed by atoms with E-state index in [0.29, 0.717) is 35.6 Å². The Labute approximate surface area is 314 Å². The quantitative estimate of drug-likeness (QED) is 0.162. The molecule has 286 valence electrons. The minimum Gasteiger partial charge on any atom is -0.496 e. The summed E-state index contributed by atoms with van der Waals surface area (Å²) in [6.45, 7) is 8.96. The van der Waals surface area contributed by atoms with Crippen molar-refractivity contribution >= 4 is 17.5 Å². The first-order valence-corrected chi connectivity index (χ1v) is 19.2. The molecule has 10 nitrogen and oxygen atoms in total. The van der Waals surface area contributed by atoms with E-state index in [0.717, 1.165) is 41.6 Å². The van der Waals surface area contributed by atoms with E-state index >= 15 is 0 Å². The molecule has 3 saturated carbocycles. The highest BCUT2D eigenvalue weighted by atomic mass is 16.7. The van der Waals surface area contributed by atoms with E-state index < -0.39 is 24.2 Å². The number of carbonyl (C=O) groups excluding carboxylic acids is 2. The van der Waals surface area contributed by atoms with Gasteiger partial charge in [0.1, 0.15) is 17.9 Å². The number of nitrogens with zero attached hydrogens (tertiary/aromatic N) is 2. The Hall–Kier alpha value is -3.96. The number of para-hydroxylation sites is 1. The Morgan fingerprint density at radius 3 is 2.47 bits per heavy atom. The van der Waals surface area contributed by atoms with Crippen LogP contribution in [0.3, 0.4) is 0 Å². The van der Waals surface area contributed by atoms with Gasteiger partial charge in [-0.25, -0.2) is 0 Å². The first-order chi connectivity index (χ1) is 25.3. The molecule has 1 saturated heterocycles. The van der Waals surface area contributed by atoms with Crippen LogP contribution in [0.2, 0.25) is 0 Å². The van der Waals surface area contributed by atoms with Gasteiger partial charge in [-0.2, -0.15) is 5.06 Å². The lowest BCUT2D eigenvalue weighted by Gasteiger charge is -2.62. The monoisotopic (exact) mass is 726 g/mol. The zero-order valence-corrected chi connectivity index (χ0v) is 32.3. The summed E-state index contributed by atoms with van der Waals surface area (Å²) in [5, 5.41) is 29.3. The third-order valence-corrected chi connectivity index (χ3v) is 12.5. The van der Waals surface area contributed by atoms with Gasteiger partial charge in [0.15, 0.2) is 0 Å². The minimum atomic E-state index is -0.895. The standard InChI is InChI=1S/C43H58N4O6/c1-26-35-22-32(43(35,3)4)23-36(26)45-42(51)39-38(27(2)49)37(25-48)53-47(39)24-29-16-11-17-34(40(29)52-7)30-19-31(21-33(20-30)46(5)6)41(50)44-18-12-15-28-13-9-8-10-14-28/h8-11,13-14,16-17,19-21,26-27,32,35-39,48-49H,12,15,18,22-25H2,1-7H3,(H,44,50)(H,45,51)/t26-,27-,32-,35-,36-,37-,38+,39-/m0/s1.